The lowest BCUT2D eigenvalue weighted by Crippen LogP contribution is -2.18. The molecular weight excluding hydrogens is 531 g/mol. The summed E-state index contributed by atoms with van der Waals surface area (Å²) in [6.45, 7) is 0. The van der Waals surface area contributed by atoms with Crippen LogP contribution in [0.3, 0.4) is 0 Å². The summed E-state index contributed by atoms with van der Waals surface area (Å²) in [5.41, 5.74) is 1.82. The smallest absolute Gasteiger partial charge is 0.416 e. The summed E-state index contributed by atoms with van der Waals surface area (Å²) in [7, 11) is 0. The molecule has 6 nitrogen and oxygen atoms in total. The Balaban J connectivity index is 1.39. The van der Waals surface area contributed by atoms with Crippen molar-refractivity contribution in [1.82, 2.24) is 14.5 Å². The average Bonchev–Trinajstić information content (AvgIpc) is 2.97. The molecule has 0 atom stereocenters. The maximum atomic E-state index is 13.5. The van der Waals surface area contributed by atoms with Crippen LogP contribution in [0.15, 0.2) is 114 Å². The molecule has 0 aliphatic carbocycles. The maximum Gasteiger partial charge on any atom is 0.416 e. The van der Waals surface area contributed by atoms with Crippen LogP contribution in [0, 0.1) is 0 Å². The molecule has 0 unspecified atom stereocenters. The second-order valence-electron chi connectivity index (χ2n) is 9.35. The van der Waals surface area contributed by atoms with Crippen LogP contribution in [0.5, 0.6) is 5.75 Å². The number of nitrogens with zero attached hydrogens (tertiary/aromatic N) is 3. The predicted molar refractivity (Wildman–Crippen MR) is 149 cm³/mol. The van der Waals surface area contributed by atoms with Gasteiger partial charge in [-0.2, -0.15) is 13.2 Å². The zero-order valence-electron chi connectivity index (χ0n) is 21.3. The van der Waals surface area contributed by atoms with Gasteiger partial charge in [-0.25, -0.2) is 0 Å². The molecule has 0 saturated carbocycles. The van der Waals surface area contributed by atoms with E-state index in [-0.39, 0.29) is 12.1 Å². The largest absolute Gasteiger partial charge is 0.426 e. The fourth-order valence-electron chi connectivity index (χ4n) is 4.67. The average molecular weight is 552 g/mol. The van der Waals surface area contributed by atoms with E-state index >= 15 is 0 Å². The summed E-state index contributed by atoms with van der Waals surface area (Å²) in [6.07, 6.45) is -1.35. The highest BCUT2D eigenvalue weighted by Gasteiger charge is 2.30. The second kappa shape index (κ2) is 10.3. The third kappa shape index (κ3) is 5.29. The molecule has 0 amide bonds. The molecule has 6 aromatic rings. The zero-order chi connectivity index (χ0) is 28.6. The Morgan fingerprint density at radius 2 is 1.61 bits per heavy atom. The highest BCUT2D eigenvalue weighted by atomic mass is 19.4. The number of alkyl halides is 3. The minimum Gasteiger partial charge on any atom is -0.426 e. The van der Waals surface area contributed by atoms with Crippen molar-refractivity contribution < 1.29 is 22.7 Å². The Hall–Kier alpha value is -5.31. The number of rotatable bonds is 5. The number of fused-ring (bicyclic) bond motifs is 3. The fraction of sp³-hybridized carbons (Fsp3) is 0.0625. The number of hydrogen-bond donors (Lipinski definition) is 0. The van der Waals surface area contributed by atoms with Crippen LogP contribution in [0.1, 0.15) is 11.3 Å². The van der Waals surface area contributed by atoms with E-state index < -0.39 is 23.3 Å². The van der Waals surface area contributed by atoms with Gasteiger partial charge in [0, 0.05) is 40.5 Å². The van der Waals surface area contributed by atoms with Gasteiger partial charge < -0.3 is 4.74 Å². The molecule has 0 fully saturated rings. The molecule has 0 aliphatic rings. The van der Waals surface area contributed by atoms with Gasteiger partial charge in [-0.3, -0.25) is 24.1 Å². The molecule has 0 spiro atoms. The first kappa shape index (κ1) is 25.9. The van der Waals surface area contributed by atoms with Crippen LogP contribution in [0.4, 0.5) is 13.2 Å². The van der Waals surface area contributed by atoms with Crippen molar-refractivity contribution >= 4 is 27.8 Å². The van der Waals surface area contributed by atoms with Gasteiger partial charge in [-0.05, 0) is 60.2 Å². The number of carbonyl (C=O) groups excluding carboxylic acids is 1. The summed E-state index contributed by atoms with van der Waals surface area (Å²) in [5.74, 6) is 0.0157. The number of carbonyl (C=O) groups is 1. The molecule has 3 heterocycles. The van der Waals surface area contributed by atoms with Crippen molar-refractivity contribution in [3.63, 3.8) is 0 Å². The van der Waals surface area contributed by atoms with Gasteiger partial charge in [0.25, 0.3) is 5.56 Å². The van der Waals surface area contributed by atoms with Crippen LogP contribution in [0.25, 0.3) is 38.6 Å². The van der Waals surface area contributed by atoms with Gasteiger partial charge in [-0.15, -0.1) is 0 Å². The molecule has 6 rings (SSSR count). The molecular formula is C32H20F3N3O3. The van der Waals surface area contributed by atoms with E-state index in [2.05, 4.69) is 9.97 Å². The zero-order valence-corrected chi connectivity index (χ0v) is 21.3. The molecule has 0 saturated heterocycles. The molecule has 202 valence electrons. The molecule has 0 radical (unpaired) electrons. The van der Waals surface area contributed by atoms with Crippen molar-refractivity contribution in [2.24, 2.45) is 0 Å². The summed E-state index contributed by atoms with van der Waals surface area (Å²) >= 11 is 0. The lowest BCUT2D eigenvalue weighted by molar-refractivity contribution is -0.137. The minimum atomic E-state index is -4.56. The van der Waals surface area contributed by atoms with Crippen LogP contribution < -0.4 is 10.3 Å². The SMILES string of the molecule is O=C(Cc1ccc(-c2ccc3ncc4ccc(=O)n(-c5cccc(C(F)(F)F)c5)c4c3c2)cn1)Oc1ccccc1. The Morgan fingerprint density at radius 3 is 2.37 bits per heavy atom. The minimum absolute atomic E-state index is 0.00921. The molecule has 0 bridgehead atoms. The Labute approximate surface area is 231 Å². The fourth-order valence-corrected chi connectivity index (χ4v) is 4.67. The van der Waals surface area contributed by atoms with Crippen molar-refractivity contribution in [2.45, 2.75) is 12.6 Å². The number of halogens is 3. The first-order chi connectivity index (χ1) is 19.8. The lowest BCUT2D eigenvalue weighted by atomic mass is 10.0. The number of benzene rings is 3. The third-order valence-corrected chi connectivity index (χ3v) is 6.61. The lowest BCUT2D eigenvalue weighted by Gasteiger charge is -2.15. The summed E-state index contributed by atoms with van der Waals surface area (Å²) < 4.78 is 47.0. The van der Waals surface area contributed by atoms with Crippen LogP contribution in [0.2, 0.25) is 0 Å². The third-order valence-electron chi connectivity index (χ3n) is 6.61. The first-order valence-corrected chi connectivity index (χ1v) is 12.6. The number of para-hydroxylation sites is 1. The number of hydrogen-bond acceptors (Lipinski definition) is 5. The van der Waals surface area contributed by atoms with Crippen LogP contribution in [-0.4, -0.2) is 20.5 Å². The molecule has 41 heavy (non-hydrogen) atoms. The van der Waals surface area contributed by atoms with E-state index in [1.54, 1.807) is 54.9 Å². The van der Waals surface area contributed by atoms with E-state index in [4.69, 9.17) is 4.74 Å². The van der Waals surface area contributed by atoms with Gasteiger partial charge in [0.2, 0.25) is 0 Å². The Morgan fingerprint density at radius 1 is 0.805 bits per heavy atom. The Kier molecular flexibility index (Phi) is 6.55. The standard InChI is InChI=1S/C32H20F3N3O3/c33-32(34,35)23-5-4-6-25(16-23)38-29(39)14-11-22-19-37-28-13-10-20(15-27(28)31(22)38)21-9-12-24(36-18-21)17-30(40)41-26-7-2-1-3-8-26/h1-16,18-19H,17H2. The summed E-state index contributed by atoms with van der Waals surface area (Å²) in [6, 6.07) is 25.4. The highest BCUT2D eigenvalue weighted by molar-refractivity contribution is 6.05. The van der Waals surface area contributed by atoms with Crippen LogP contribution >= 0.6 is 0 Å². The second-order valence-corrected chi connectivity index (χ2v) is 9.35. The summed E-state index contributed by atoms with van der Waals surface area (Å²) in [4.78, 5) is 34.2. The van der Waals surface area contributed by atoms with Gasteiger partial charge in [-0.1, -0.05) is 36.4 Å². The van der Waals surface area contributed by atoms with E-state index in [1.807, 2.05) is 24.3 Å². The van der Waals surface area contributed by atoms with E-state index in [0.717, 1.165) is 23.3 Å². The maximum absolute atomic E-state index is 13.5. The van der Waals surface area contributed by atoms with Gasteiger partial charge in [0.1, 0.15) is 5.75 Å². The highest BCUT2D eigenvalue weighted by Crippen LogP contribution is 2.32. The quantitative estimate of drug-likeness (QED) is 0.134. The summed E-state index contributed by atoms with van der Waals surface area (Å²) in [5, 5.41) is 1.18. The topological polar surface area (TPSA) is 74.1 Å². The van der Waals surface area contributed by atoms with Crippen LogP contribution in [-0.2, 0) is 17.4 Å². The molecule has 9 heteroatoms. The molecule has 0 N–H and O–H groups in total. The van der Waals surface area contributed by atoms with Crippen molar-refractivity contribution in [3.05, 3.63) is 131 Å². The van der Waals surface area contributed by atoms with E-state index in [9.17, 15) is 22.8 Å². The van der Waals surface area contributed by atoms with E-state index in [0.29, 0.717) is 33.2 Å². The number of ether oxygens (including phenoxy) is 1. The number of pyridine rings is 3. The number of aromatic nitrogens is 3. The van der Waals surface area contributed by atoms with Gasteiger partial charge in [0.15, 0.2) is 0 Å². The molecule has 3 aromatic carbocycles. The monoisotopic (exact) mass is 551 g/mol. The van der Waals surface area contributed by atoms with E-state index in [1.165, 1.54) is 22.8 Å². The Bertz CT molecular complexity index is 1970. The molecule has 3 aromatic heterocycles. The van der Waals surface area contributed by atoms with Gasteiger partial charge in [0.05, 0.1) is 28.7 Å². The normalized spacial score (nSPS) is 11.6. The first-order valence-electron chi connectivity index (χ1n) is 12.6. The predicted octanol–water partition coefficient (Wildman–Crippen LogP) is 6.77. The molecule has 0 aliphatic heterocycles. The van der Waals surface area contributed by atoms with Crippen molar-refractivity contribution in [1.29, 1.82) is 0 Å². The van der Waals surface area contributed by atoms with Gasteiger partial charge >= 0.3 is 12.1 Å². The van der Waals surface area contributed by atoms with Crippen molar-refractivity contribution in [3.8, 4) is 22.6 Å². The van der Waals surface area contributed by atoms with Crippen molar-refractivity contribution in [2.75, 3.05) is 0 Å². The number of esters is 1.